The van der Waals surface area contributed by atoms with Crippen LogP contribution in [-0.2, 0) is 19.1 Å². The summed E-state index contributed by atoms with van der Waals surface area (Å²) in [4.78, 5) is 49.6. The number of methoxy groups -OCH3 is 1. The van der Waals surface area contributed by atoms with Gasteiger partial charge in [0.1, 0.15) is 23.2 Å². The van der Waals surface area contributed by atoms with E-state index in [1.165, 1.54) is 31.4 Å². The molecule has 8 nitrogen and oxygen atoms in total. The highest BCUT2D eigenvalue weighted by Gasteiger charge is 2.64. The molecule has 0 spiro atoms. The van der Waals surface area contributed by atoms with E-state index in [1.54, 1.807) is 24.3 Å². The minimum Gasteiger partial charge on any atom is -0.496 e. The highest BCUT2D eigenvalue weighted by atomic mass is 16.6. The molecule has 1 saturated heterocycles. The summed E-state index contributed by atoms with van der Waals surface area (Å²) < 4.78 is 21.1. The van der Waals surface area contributed by atoms with E-state index in [-0.39, 0.29) is 41.0 Å². The predicted molar refractivity (Wildman–Crippen MR) is 113 cm³/mol. The molecule has 0 aromatic heterocycles. The van der Waals surface area contributed by atoms with Gasteiger partial charge in [0.25, 0.3) is 0 Å². The second-order valence-electron chi connectivity index (χ2n) is 8.57. The van der Waals surface area contributed by atoms with Crippen molar-refractivity contribution in [2.24, 2.45) is 23.7 Å². The Morgan fingerprint density at radius 2 is 1.79 bits per heavy atom. The molecule has 3 aliphatic rings. The zero-order valence-electron chi connectivity index (χ0n) is 17.9. The van der Waals surface area contributed by atoms with Gasteiger partial charge in [0.2, 0.25) is 0 Å². The third-order valence-corrected chi connectivity index (χ3v) is 6.81. The van der Waals surface area contributed by atoms with Crippen molar-refractivity contribution < 1.29 is 38.1 Å². The maximum Gasteiger partial charge on any atom is 0.347 e. The van der Waals surface area contributed by atoms with Crippen molar-refractivity contribution in [3.63, 3.8) is 0 Å². The summed E-state index contributed by atoms with van der Waals surface area (Å²) in [6.45, 7) is -0.418. The monoisotopic (exact) mass is 450 g/mol. The van der Waals surface area contributed by atoms with Crippen LogP contribution >= 0.6 is 0 Å². The van der Waals surface area contributed by atoms with Gasteiger partial charge in [-0.15, -0.1) is 0 Å². The van der Waals surface area contributed by atoms with Crippen LogP contribution in [0.5, 0.6) is 11.5 Å². The molecule has 170 valence electrons. The third kappa shape index (κ3) is 3.75. The molecule has 33 heavy (non-hydrogen) atoms. The summed E-state index contributed by atoms with van der Waals surface area (Å²) in [5, 5.41) is 0. The molecule has 1 aliphatic heterocycles. The number of ketones is 1. The Morgan fingerprint density at radius 1 is 1.03 bits per heavy atom. The van der Waals surface area contributed by atoms with Gasteiger partial charge in [-0.25, -0.2) is 4.79 Å². The number of rotatable bonds is 7. The Labute approximate surface area is 189 Å². The van der Waals surface area contributed by atoms with E-state index in [0.29, 0.717) is 17.7 Å². The van der Waals surface area contributed by atoms with Crippen molar-refractivity contribution in [3.8, 4) is 11.5 Å². The SMILES string of the molecule is COc1ccccc1C(=O)Oc1ccc(C(=O)COC(=O)[C@@H]2[C@@H]3C[C@@H]4[C@@H]2C(=O)O[C@@H]4C3)cc1. The highest BCUT2D eigenvalue weighted by Crippen LogP contribution is 2.57. The van der Waals surface area contributed by atoms with Crippen molar-refractivity contribution >= 4 is 23.7 Å². The lowest BCUT2D eigenvalue weighted by Gasteiger charge is -2.22. The molecule has 0 amide bonds. The highest BCUT2D eigenvalue weighted by molar-refractivity contribution is 5.98. The number of benzene rings is 2. The Kier molecular flexibility index (Phi) is 5.36. The van der Waals surface area contributed by atoms with E-state index in [1.807, 2.05) is 0 Å². The van der Waals surface area contributed by atoms with Crippen LogP contribution in [0.1, 0.15) is 33.6 Å². The molecule has 2 aromatic rings. The van der Waals surface area contributed by atoms with Gasteiger partial charge in [0.15, 0.2) is 12.4 Å². The normalized spacial score (nSPS) is 26.6. The number of hydrogen-bond donors (Lipinski definition) is 0. The second kappa shape index (κ2) is 8.35. The summed E-state index contributed by atoms with van der Waals surface area (Å²) in [5.74, 6) is -1.93. The van der Waals surface area contributed by atoms with E-state index in [4.69, 9.17) is 18.9 Å². The van der Waals surface area contributed by atoms with Gasteiger partial charge < -0.3 is 18.9 Å². The van der Waals surface area contributed by atoms with Gasteiger partial charge in [0.05, 0.1) is 18.9 Å². The molecule has 5 atom stereocenters. The number of fused-ring (bicyclic) bond motifs is 1. The Balaban J connectivity index is 1.17. The molecule has 1 heterocycles. The summed E-state index contributed by atoms with van der Waals surface area (Å²) in [6, 6.07) is 12.7. The number of carbonyl (C=O) groups is 4. The van der Waals surface area contributed by atoms with Crippen LogP contribution in [0.25, 0.3) is 0 Å². The minimum absolute atomic E-state index is 0.0613. The first-order chi connectivity index (χ1) is 16.0. The number of hydrogen-bond acceptors (Lipinski definition) is 8. The Morgan fingerprint density at radius 3 is 2.55 bits per heavy atom. The van der Waals surface area contributed by atoms with Gasteiger partial charge in [-0.2, -0.15) is 0 Å². The number of ether oxygens (including phenoxy) is 4. The quantitative estimate of drug-likeness (QED) is 0.360. The first-order valence-corrected chi connectivity index (χ1v) is 10.8. The molecule has 2 aromatic carbocycles. The maximum atomic E-state index is 12.6. The molecule has 0 N–H and O–H groups in total. The van der Waals surface area contributed by atoms with E-state index >= 15 is 0 Å². The molecular weight excluding hydrogens is 428 g/mol. The fourth-order valence-corrected chi connectivity index (χ4v) is 5.33. The predicted octanol–water partition coefficient (Wildman–Crippen LogP) is 2.84. The van der Waals surface area contributed by atoms with Crippen molar-refractivity contribution in [1.82, 2.24) is 0 Å². The first-order valence-electron chi connectivity index (χ1n) is 10.8. The second-order valence-corrected chi connectivity index (χ2v) is 8.57. The average Bonchev–Trinajstić information content (AvgIpc) is 3.46. The van der Waals surface area contributed by atoms with Crippen molar-refractivity contribution in [3.05, 3.63) is 59.7 Å². The van der Waals surface area contributed by atoms with E-state index in [9.17, 15) is 19.2 Å². The van der Waals surface area contributed by atoms with E-state index in [0.717, 1.165) is 6.42 Å². The first kappa shape index (κ1) is 21.2. The lowest BCUT2D eigenvalue weighted by molar-refractivity contribution is -0.154. The number of Topliss-reactive ketones (excluding diaryl/α,β-unsaturated/α-hetero) is 1. The number of para-hydroxylation sites is 1. The van der Waals surface area contributed by atoms with Gasteiger partial charge in [-0.05, 0) is 55.2 Å². The molecular formula is C25H22O8. The largest absolute Gasteiger partial charge is 0.496 e. The third-order valence-electron chi connectivity index (χ3n) is 6.81. The molecule has 5 rings (SSSR count). The summed E-state index contributed by atoms with van der Waals surface area (Å²) in [5.41, 5.74) is 0.596. The van der Waals surface area contributed by atoms with Gasteiger partial charge >= 0.3 is 17.9 Å². The van der Waals surface area contributed by atoms with Crippen molar-refractivity contribution in [1.29, 1.82) is 0 Å². The lowest BCUT2D eigenvalue weighted by Crippen LogP contribution is -2.34. The lowest BCUT2D eigenvalue weighted by atomic mass is 9.80. The van der Waals surface area contributed by atoms with Gasteiger partial charge in [-0.3, -0.25) is 14.4 Å². The van der Waals surface area contributed by atoms with Crippen LogP contribution in [0.3, 0.4) is 0 Å². The van der Waals surface area contributed by atoms with Crippen LogP contribution in [0, 0.1) is 23.7 Å². The van der Waals surface area contributed by atoms with Gasteiger partial charge in [-0.1, -0.05) is 12.1 Å². The zero-order chi connectivity index (χ0) is 23.1. The standard InChI is InChI=1S/C25H22O8/c1-30-19-5-3-2-4-16(19)23(27)32-15-8-6-13(7-9-15)18(26)12-31-24(28)21-14-10-17-20(11-14)33-25(29)22(17)21/h2-9,14,17,20-22H,10-12H2,1H3/t14-,17+,20-,21-,22+/m1/s1. The smallest absolute Gasteiger partial charge is 0.347 e. The van der Waals surface area contributed by atoms with Crippen LogP contribution in [0.4, 0.5) is 0 Å². The van der Waals surface area contributed by atoms with E-state index < -0.39 is 30.4 Å². The zero-order valence-corrected chi connectivity index (χ0v) is 17.9. The number of carbonyl (C=O) groups excluding carboxylic acids is 4. The van der Waals surface area contributed by atoms with Crippen LogP contribution in [-0.4, -0.2) is 43.5 Å². The summed E-state index contributed by atoms with van der Waals surface area (Å²) in [7, 11) is 1.46. The summed E-state index contributed by atoms with van der Waals surface area (Å²) in [6.07, 6.45) is 1.42. The summed E-state index contributed by atoms with van der Waals surface area (Å²) >= 11 is 0. The molecule has 2 bridgehead atoms. The molecule has 2 saturated carbocycles. The average molecular weight is 450 g/mol. The van der Waals surface area contributed by atoms with Crippen LogP contribution < -0.4 is 9.47 Å². The fourth-order valence-electron chi connectivity index (χ4n) is 5.33. The molecule has 3 fully saturated rings. The molecule has 2 aliphatic carbocycles. The molecule has 0 unspecified atom stereocenters. The van der Waals surface area contributed by atoms with Crippen molar-refractivity contribution in [2.75, 3.05) is 13.7 Å². The topological polar surface area (TPSA) is 105 Å². The van der Waals surface area contributed by atoms with Crippen molar-refractivity contribution in [2.45, 2.75) is 18.9 Å². The van der Waals surface area contributed by atoms with Gasteiger partial charge in [0, 0.05) is 11.5 Å². The maximum absolute atomic E-state index is 12.6. The number of esters is 3. The molecule has 0 radical (unpaired) electrons. The van der Waals surface area contributed by atoms with Crippen LogP contribution in [0.15, 0.2) is 48.5 Å². The van der Waals surface area contributed by atoms with Crippen LogP contribution in [0.2, 0.25) is 0 Å². The Hall–Kier alpha value is -3.68. The Bertz CT molecular complexity index is 1120. The molecule has 8 heteroatoms. The fraction of sp³-hybridized carbons (Fsp3) is 0.360. The minimum atomic E-state index is -0.584. The van der Waals surface area contributed by atoms with E-state index in [2.05, 4.69) is 0 Å².